The number of hydrogen-bond acceptors (Lipinski definition) is 2. The van der Waals surface area contributed by atoms with Gasteiger partial charge in [0, 0.05) is 38.1 Å². The summed E-state index contributed by atoms with van der Waals surface area (Å²) in [6.45, 7) is 0.902. The maximum Gasteiger partial charge on any atom is 0.469 e. The van der Waals surface area contributed by atoms with Gasteiger partial charge in [0.15, 0.2) is 0 Å². The number of fused-ring (bicyclic) bond motifs is 2. The molecule has 0 radical (unpaired) electrons. The second-order valence-electron chi connectivity index (χ2n) is 5.62. The Hall–Kier alpha value is -1.15. The van der Waals surface area contributed by atoms with Crippen LogP contribution in [-0.2, 0) is 12.1 Å². The van der Waals surface area contributed by atoms with Crippen molar-refractivity contribution in [3.8, 4) is 0 Å². The molecule has 0 atom stereocenters. The Morgan fingerprint density at radius 3 is 2.33 bits per heavy atom. The van der Waals surface area contributed by atoms with Crippen molar-refractivity contribution < 1.29 is 22.0 Å². The van der Waals surface area contributed by atoms with Crippen LogP contribution in [0.2, 0.25) is 0 Å². The molecule has 3 heterocycles. The Morgan fingerprint density at radius 1 is 1.05 bits per heavy atom. The number of halogens is 5. The molecule has 3 nitrogen and oxygen atoms in total. The third-order valence-electron chi connectivity index (χ3n) is 4.49. The lowest BCUT2D eigenvalue weighted by Crippen LogP contribution is -2.61. The molecule has 0 aromatic carbocycles. The number of nitrogens with zero attached hydrogens (tertiary/aromatic N) is 2. The Labute approximate surface area is 118 Å². The maximum absolute atomic E-state index is 13.4. The topological polar surface area (TPSA) is 20.2 Å². The average Bonchev–Trinajstić information content (AvgIpc) is 2.88. The van der Waals surface area contributed by atoms with Gasteiger partial charge in [-0.05, 0) is 25.0 Å². The van der Waals surface area contributed by atoms with Crippen LogP contribution in [0.4, 0.5) is 22.0 Å². The summed E-state index contributed by atoms with van der Waals surface area (Å²) in [5.74, 6) is 0. The molecule has 1 N–H and O–H groups in total. The largest absolute Gasteiger partial charge is 0.469 e. The van der Waals surface area contributed by atoms with Crippen molar-refractivity contribution in [2.45, 2.75) is 37.1 Å². The molecule has 3 rings (SSSR count). The van der Waals surface area contributed by atoms with Crippen molar-refractivity contribution in [1.82, 2.24) is 14.8 Å². The Balaban J connectivity index is 1.78. The number of hydrogen-bond donors (Lipinski definition) is 1. The van der Waals surface area contributed by atoms with Crippen LogP contribution in [0.5, 0.6) is 0 Å². The molecule has 1 spiro atoms. The standard InChI is InChI=1S/C13H16F5N3/c14-12(15,16)13(17,18)21-7-3-11(4-8-21)10-2-1-6-20(10)9-5-19-11/h1-2,6,19H,3-5,7-9H2. The van der Waals surface area contributed by atoms with E-state index in [1.807, 2.05) is 22.9 Å². The van der Waals surface area contributed by atoms with Gasteiger partial charge in [0.1, 0.15) is 0 Å². The highest BCUT2D eigenvalue weighted by atomic mass is 19.4. The lowest BCUT2D eigenvalue weighted by molar-refractivity contribution is -0.344. The molecule has 1 fully saturated rings. The van der Waals surface area contributed by atoms with Crippen molar-refractivity contribution in [3.05, 3.63) is 24.0 Å². The van der Waals surface area contributed by atoms with Crippen molar-refractivity contribution in [2.75, 3.05) is 19.6 Å². The summed E-state index contributed by atoms with van der Waals surface area (Å²) < 4.78 is 66.1. The quantitative estimate of drug-likeness (QED) is 0.635. The van der Waals surface area contributed by atoms with Gasteiger partial charge in [0.25, 0.3) is 0 Å². The predicted octanol–water partition coefficient (Wildman–Crippen LogP) is 2.54. The lowest BCUT2D eigenvalue weighted by atomic mass is 9.83. The molecular weight excluding hydrogens is 293 g/mol. The molecule has 0 bridgehead atoms. The van der Waals surface area contributed by atoms with Crippen molar-refractivity contribution in [2.24, 2.45) is 0 Å². The summed E-state index contributed by atoms with van der Waals surface area (Å²) >= 11 is 0. The first-order chi connectivity index (χ1) is 9.76. The van der Waals surface area contributed by atoms with Crippen molar-refractivity contribution >= 4 is 0 Å². The zero-order valence-corrected chi connectivity index (χ0v) is 11.3. The number of rotatable bonds is 1. The van der Waals surface area contributed by atoms with E-state index in [4.69, 9.17) is 0 Å². The highest BCUT2D eigenvalue weighted by Gasteiger charge is 2.62. The van der Waals surface area contributed by atoms with Crippen LogP contribution in [0.25, 0.3) is 0 Å². The lowest BCUT2D eigenvalue weighted by Gasteiger charge is -2.47. The van der Waals surface area contributed by atoms with Crippen LogP contribution in [0.1, 0.15) is 18.5 Å². The number of likely N-dealkylation sites (tertiary alicyclic amines) is 1. The molecule has 0 amide bonds. The second-order valence-corrected chi connectivity index (χ2v) is 5.62. The van der Waals surface area contributed by atoms with Gasteiger partial charge in [-0.3, -0.25) is 0 Å². The number of alkyl halides is 5. The fraction of sp³-hybridized carbons (Fsp3) is 0.692. The van der Waals surface area contributed by atoms with E-state index in [1.165, 1.54) is 0 Å². The molecule has 1 aromatic heterocycles. The maximum atomic E-state index is 13.4. The zero-order valence-electron chi connectivity index (χ0n) is 11.3. The minimum absolute atomic E-state index is 0.238. The SMILES string of the molecule is FC(F)(F)C(F)(F)N1CCC2(CC1)NCCn1cccc12. The number of piperidine rings is 1. The molecule has 0 unspecified atom stereocenters. The summed E-state index contributed by atoms with van der Waals surface area (Å²) in [5.41, 5.74) is 0.489. The highest BCUT2D eigenvalue weighted by Crippen LogP contribution is 2.43. The Bertz CT molecular complexity index is 514. The van der Waals surface area contributed by atoms with Gasteiger partial charge in [0.2, 0.25) is 0 Å². The van der Waals surface area contributed by atoms with E-state index in [9.17, 15) is 22.0 Å². The molecule has 1 aromatic rings. The fourth-order valence-electron chi connectivity index (χ4n) is 3.33. The minimum Gasteiger partial charge on any atom is -0.348 e. The van der Waals surface area contributed by atoms with Crippen LogP contribution in [-0.4, -0.2) is 41.3 Å². The van der Waals surface area contributed by atoms with E-state index >= 15 is 0 Å². The van der Waals surface area contributed by atoms with Crippen LogP contribution >= 0.6 is 0 Å². The smallest absolute Gasteiger partial charge is 0.348 e. The average molecular weight is 309 g/mol. The summed E-state index contributed by atoms with van der Waals surface area (Å²) in [5, 5.41) is 3.31. The molecular formula is C13H16F5N3. The zero-order chi connectivity index (χ0) is 15.3. The van der Waals surface area contributed by atoms with Gasteiger partial charge in [-0.2, -0.15) is 22.0 Å². The highest BCUT2D eigenvalue weighted by molar-refractivity contribution is 5.22. The Morgan fingerprint density at radius 2 is 1.71 bits per heavy atom. The predicted molar refractivity (Wildman–Crippen MR) is 65.9 cm³/mol. The summed E-state index contributed by atoms with van der Waals surface area (Å²) in [7, 11) is 0. The first-order valence-corrected chi connectivity index (χ1v) is 6.87. The number of aromatic nitrogens is 1. The molecule has 0 aliphatic carbocycles. The first kappa shape index (κ1) is 14.8. The molecule has 8 heteroatoms. The number of nitrogens with one attached hydrogen (secondary N) is 1. The van der Waals surface area contributed by atoms with Gasteiger partial charge >= 0.3 is 12.2 Å². The minimum atomic E-state index is -5.53. The first-order valence-electron chi connectivity index (χ1n) is 6.87. The third-order valence-corrected chi connectivity index (χ3v) is 4.49. The van der Waals surface area contributed by atoms with Crippen LogP contribution < -0.4 is 5.32 Å². The van der Waals surface area contributed by atoms with E-state index in [2.05, 4.69) is 5.32 Å². The van der Waals surface area contributed by atoms with Crippen molar-refractivity contribution in [3.63, 3.8) is 0 Å². The molecule has 1 saturated heterocycles. The summed E-state index contributed by atoms with van der Waals surface area (Å²) in [4.78, 5) is 0.238. The van der Waals surface area contributed by atoms with E-state index < -0.39 is 17.8 Å². The van der Waals surface area contributed by atoms with Gasteiger partial charge in [-0.25, -0.2) is 4.90 Å². The van der Waals surface area contributed by atoms with E-state index in [0.717, 1.165) is 12.2 Å². The molecule has 21 heavy (non-hydrogen) atoms. The van der Waals surface area contributed by atoms with Gasteiger partial charge in [-0.15, -0.1) is 0 Å². The fourth-order valence-corrected chi connectivity index (χ4v) is 3.33. The van der Waals surface area contributed by atoms with Crippen molar-refractivity contribution in [1.29, 1.82) is 0 Å². The van der Waals surface area contributed by atoms with Gasteiger partial charge in [0.05, 0.1) is 5.54 Å². The molecule has 118 valence electrons. The second kappa shape index (κ2) is 4.67. The van der Waals surface area contributed by atoms with Gasteiger partial charge in [-0.1, -0.05) is 0 Å². The Kier molecular flexibility index (Phi) is 3.29. The van der Waals surface area contributed by atoms with Crippen LogP contribution in [0, 0.1) is 0 Å². The monoisotopic (exact) mass is 309 g/mol. The van der Waals surface area contributed by atoms with Crippen LogP contribution in [0.15, 0.2) is 18.3 Å². The summed E-state index contributed by atoms with van der Waals surface area (Å²) in [6, 6.07) is -0.976. The third kappa shape index (κ3) is 2.24. The molecule has 2 aliphatic rings. The van der Waals surface area contributed by atoms with Crippen LogP contribution in [0.3, 0.4) is 0 Å². The molecule has 0 saturated carbocycles. The van der Waals surface area contributed by atoms with Gasteiger partial charge < -0.3 is 9.88 Å². The normalized spacial score (nSPS) is 23.3. The van der Waals surface area contributed by atoms with E-state index in [0.29, 0.717) is 6.54 Å². The molecule has 2 aliphatic heterocycles. The van der Waals surface area contributed by atoms with E-state index in [1.54, 1.807) is 0 Å². The van der Waals surface area contributed by atoms with E-state index in [-0.39, 0.29) is 30.8 Å². The summed E-state index contributed by atoms with van der Waals surface area (Å²) in [6.07, 6.45) is -3.14.